The van der Waals surface area contributed by atoms with E-state index in [0.717, 1.165) is 6.54 Å². The zero-order valence-electron chi connectivity index (χ0n) is 12.7. The second kappa shape index (κ2) is 10.8. The van der Waals surface area contributed by atoms with Gasteiger partial charge in [-0.25, -0.2) is 24.0 Å². The van der Waals surface area contributed by atoms with E-state index >= 15 is 0 Å². The molecule has 0 spiro atoms. The number of benzene rings is 1. The average molecular weight is 335 g/mol. The molecular formula is C15H17N3O4S. The Kier molecular flexibility index (Phi) is 9.39. The maximum atomic E-state index is 10.5. The van der Waals surface area contributed by atoms with Crippen LogP contribution in [0.1, 0.15) is 27.6 Å². The van der Waals surface area contributed by atoms with Gasteiger partial charge in [-0.1, -0.05) is 17.5 Å². The molecule has 0 aliphatic rings. The molecule has 1 aromatic carbocycles. The third-order valence-corrected chi connectivity index (χ3v) is 2.58. The van der Waals surface area contributed by atoms with Crippen molar-refractivity contribution in [2.75, 3.05) is 0 Å². The van der Waals surface area contributed by atoms with Gasteiger partial charge in [0.2, 0.25) is 6.33 Å². The summed E-state index contributed by atoms with van der Waals surface area (Å²) in [6, 6.07) is 5.48. The highest BCUT2D eigenvalue weighted by Gasteiger charge is 2.13. The largest absolute Gasteiger partial charge is 0.696 e. The van der Waals surface area contributed by atoms with E-state index in [4.69, 9.17) is 15.5 Å². The predicted molar refractivity (Wildman–Crippen MR) is 84.6 cm³/mol. The quantitative estimate of drug-likeness (QED) is 0.499. The zero-order chi connectivity index (χ0) is 17.8. The molecule has 122 valence electrons. The Morgan fingerprint density at radius 3 is 1.91 bits per heavy atom. The third-order valence-electron chi connectivity index (χ3n) is 2.58. The second-order valence-electron chi connectivity index (χ2n) is 4.16. The summed E-state index contributed by atoms with van der Waals surface area (Å²) in [5, 5.41) is 25.6. The Labute approximate surface area is 139 Å². The molecule has 0 saturated carbocycles. The number of carboxylic acid groups (broad SMARTS) is 2. The molecule has 2 aromatic rings. The molecular weight excluding hydrogens is 318 g/mol. The first-order chi connectivity index (χ1) is 10.9. The van der Waals surface area contributed by atoms with Crippen LogP contribution in [0.3, 0.4) is 0 Å². The van der Waals surface area contributed by atoms with Gasteiger partial charge >= 0.3 is 11.9 Å². The monoisotopic (exact) mass is 335 g/mol. The van der Waals surface area contributed by atoms with Gasteiger partial charge in [0.25, 0.3) is 0 Å². The number of thiocyanates is 1. The van der Waals surface area contributed by atoms with Gasteiger partial charge in [-0.3, -0.25) is 0 Å². The molecule has 2 rings (SSSR count). The number of hydrogen-bond donors (Lipinski definition) is 2. The Hall–Kier alpha value is -2.92. The molecule has 1 aromatic heterocycles. The summed E-state index contributed by atoms with van der Waals surface area (Å²) in [5.74, 6) is -2.46. The number of imidazole rings is 1. The molecule has 0 saturated heterocycles. The van der Waals surface area contributed by atoms with E-state index in [1.54, 1.807) is 0 Å². The molecule has 7 nitrogen and oxygen atoms in total. The highest BCUT2D eigenvalue weighted by molar-refractivity contribution is 7.64. The summed E-state index contributed by atoms with van der Waals surface area (Å²) < 4.78 is 4.16. The van der Waals surface area contributed by atoms with Gasteiger partial charge < -0.3 is 22.8 Å². The van der Waals surface area contributed by atoms with Crippen molar-refractivity contribution >= 4 is 24.6 Å². The molecule has 0 radical (unpaired) electrons. The number of aromatic nitrogens is 2. The molecule has 1 heterocycles. The van der Waals surface area contributed by atoms with Crippen LogP contribution >= 0.6 is 0 Å². The van der Waals surface area contributed by atoms with Gasteiger partial charge in [-0.2, -0.15) is 0 Å². The topological polar surface area (TPSA) is 107 Å². The van der Waals surface area contributed by atoms with Crippen molar-refractivity contribution in [2.45, 2.75) is 13.5 Å². The Bertz CT molecular complexity index is 659. The van der Waals surface area contributed by atoms with Gasteiger partial charge in [0.05, 0.1) is 24.7 Å². The average Bonchev–Trinajstić information content (AvgIpc) is 2.94. The van der Waals surface area contributed by atoms with Crippen LogP contribution in [-0.4, -0.2) is 26.7 Å². The van der Waals surface area contributed by atoms with Crippen LogP contribution < -0.4 is 4.57 Å². The Morgan fingerprint density at radius 1 is 1.26 bits per heavy atom. The molecule has 0 amide bonds. The lowest BCUT2D eigenvalue weighted by Crippen LogP contribution is -2.23. The minimum absolute atomic E-state index is 0.190. The van der Waals surface area contributed by atoms with E-state index in [9.17, 15) is 9.59 Å². The van der Waals surface area contributed by atoms with Gasteiger partial charge in [-0.05, 0) is 19.1 Å². The predicted octanol–water partition coefficient (Wildman–Crippen LogP) is 1.43. The SMILES string of the molecule is CCn1cc[n+](C)c1.N#C[S-].O=C(O)c1ccccc1C(=O)O. The first-order valence-corrected chi connectivity index (χ1v) is 6.86. The number of hydrogen-bond acceptors (Lipinski definition) is 4. The summed E-state index contributed by atoms with van der Waals surface area (Å²) in [5.41, 5.74) is -0.380. The van der Waals surface area contributed by atoms with Gasteiger partial charge in [-0.15, -0.1) is 0 Å². The molecule has 2 N–H and O–H groups in total. The lowest BCUT2D eigenvalue weighted by Gasteiger charge is -1.98. The van der Waals surface area contributed by atoms with Crippen molar-refractivity contribution in [1.29, 1.82) is 5.26 Å². The molecule has 0 aliphatic heterocycles. The number of nitriles is 1. The van der Waals surface area contributed by atoms with E-state index < -0.39 is 11.9 Å². The Morgan fingerprint density at radius 2 is 1.70 bits per heavy atom. The summed E-state index contributed by atoms with van der Waals surface area (Å²) in [6.45, 7) is 3.18. The number of carbonyl (C=O) groups is 2. The van der Waals surface area contributed by atoms with Crippen LogP contribution in [0.15, 0.2) is 43.0 Å². The van der Waals surface area contributed by atoms with Crippen LogP contribution in [0.25, 0.3) is 0 Å². The zero-order valence-corrected chi connectivity index (χ0v) is 13.5. The van der Waals surface area contributed by atoms with Gasteiger partial charge in [0.1, 0.15) is 12.4 Å². The van der Waals surface area contributed by atoms with Crippen molar-refractivity contribution in [3.8, 4) is 5.40 Å². The summed E-state index contributed by atoms with van der Waals surface area (Å²) in [4.78, 5) is 20.9. The first-order valence-electron chi connectivity index (χ1n) is 6.45. The molecule has 0 unspecified atom stereocenters. The van der Waals surface area contributed by atoms with Crippen molar-refractivity contribution in [2.24, 2.45) is 7.05 Å². The van der Waals surface area contributed by atoms with Crippen molar-refractivity contribution in [1.82, 2.24) is 4.57 Å². The smallest absolute Gasteiger partial charge is 0.336 e. The lowest BCUT2D eigenvalue weighted by molar-refractivity contribution is -0.671. The minimum Gasteiger partial charge on any atom is -0.696 e. The summed E-state index contributed by atoms with van der Waals surface area (Å²) >= 11 is 3.70. The standard InChI is InChI=1S/C8H6O4.C6H11N2.CHNS/c9-7(10)5-3-1-2-4-6(5)8(11)12;1-3-8-5-4-7(2)6-8;2-1-3/h1-4H,(H,9,10)(H,11,12);4-6H,3H2,1-2H3;3H/q;+1;/p-1. The van der Waals surface area contributed by atoms with E-state index in [1.165, 1.54) is 29.7 Å². The lowest BCUT2D eigenvalue weighted by atomic mass is 10.1. The molecule has 0 bridgehead atoms. The van der Waals surface area contributed by atoms with Gasteiger partial charge in [0, 0.05) is 0 Å². The second-order valence-corrected chi connectivity index (χ2v) is 4.34. The molecule has 0 fully saturated rings. The third kappa shape index (κ3) is 7.59. The maximum absolute atomic E-state index is 10.5. The fourth-order valence-corrected chi connectivity index (χ4v) is 1.54. The highest BCUT2D eigenvalue weighted by Crippen LogP contribution is 2.07. The Balaban J connectivity index is 0.000000379. The van der Waals surface area contributed by atoms with Crippen LogP contribution in [0.5, 0.6) is 0 Å². The first kappa shape index (κ1) is 20.1. The highest BCUT2D eigenvalue weighted by atomic mass is 32.1. The van der Waals surface area contributed by atoms with E-state index in [-0.39, 0.29) is 11.1 Å². The fraction of sp³-hybridized carbons (Fsp3) is 0.200. The van der Waals surface area contributed by atoms with Crippen molar-refractivity contribution < 1.29 is 24.4 Å². The van der Waals surface area contributed by atoms with Crippen molar-refractivity contribution in [3.05, 3.63) is 54.1 Å². The van der Waals surface area contributed by atoms with Gasteiger partial charge in [0.15, 0.2) is 0 Å². The van der Waals surface area contributed by atoms with Crippen LogP contribution in [0, 0.1) is 10.7 Å². The fourth-order valence-electron chi connectivity index (χ4n) is 1.54. The van der Waals surface area contributed by atoms with E-state index in [0.29, 0.717) is 0 Å². The van der Waals surface area contributed by atoms with Crippen LogP contribution in [-0.2, 0) is 26.2 Å². The van der Waals surface area contributed by atoms with Crippen molar-refractivity contribution in [3.63, 3.8) is 0 Å². The van der Waals surface area contributed by atoms with Crippen LogP contribution in [0.2, 0.25) is 0 Å². The van der Waals surface area contributed by atoms with E-state index in [2.05, 4.69) is 36.6 Å². The van der Waals surface area contributed by atoms with Crippen LogP contribution in [0.4, 0.5) is 0 Å². The molecule has 23 heavy (non-hydrogen) atoms. The number of aryl methyl sites for hydroxylation is 2. The maximum Gasteiger partial charge on any atom is 0.336 e. The molecule has 0 aliphatic carbocycles. The number of carboxylic acids is 2. The number of nitrogens with zero attached hydrogens (tertiary/aromatic N) is 3. The minimum atomic E-state index is -1.23. The summed E-state index contributed by atoms with van der Waals surface area (Å²) in [6.07, 6.45) is 6.14. The molecule has 8 heteroatoms. The van der Waals surface area contributed by atoms with E-state index in [1.807, 2.05) is 17.8 Å². The number of rotatable bonds is 3. The number of aromatic carboxylic acids is 2. The normalized spacial score (nSPS) is 8.57. The molecule has 0 atom stereocenters. The summed E-state index contributed by atoms with van der Waals surface area (Å²) in [7, 11) is 2.02.